The second-order valence-electron chi connectivity index (χ2n) is 8.49. The third-order valence-corrected chi connectivity index (χ3v) is 5.91. The molecule has 1 unspecified atom stereocenters. The van der Waals surface area contributed by atoms with E-state index in [0.717, 1.165) is 12.0 Å². The van der Waals surface area contributed by atoms with E-state index in [2.05, 4.69) is 54.7 Å². The summed E-state index contributed by atoms with van der Waals surface area (Å²) >= 11 is 0. The van der Waals surface area contributed by atoms with Crippen LogP contribution in [0.4, 0.5) is 5.69 Å². The molecule has 4 aromatic carbocycles. The Kier molecular flexibility index (Phi) is 9.34. The Labute approximate surface area is 211 Å². The lowest BCUT2D eigenvalue weighted by Crippen LogP contribution is -2.34. The van der Waals surface area contributed by atoms with Crippen LogP contribution in [-0.4, -0.2) is 17.6 Å². The maximum atomic E-state index is 12.3. The van der Waals surface area contributed by atoms with Crippen LogP contribution < -0.4 is 16.8 Å². The van der Waals surface area contributed by atoms with Crippen molar-refractivity contribution in [3.63, 3.8) is 0 Å². The maximum absolute atomic E-state index is 12.3. The summed E-state index contributed by atoms with van der Waals surface area (Å²) in [5, 5.41) is 12.7. The number of hydrogen-bond acceptors (Lipinski definition) is 3. The monoisotopic (exact) mass is 480 g/mol. The molecule has 0 heterocycles. The smallest absolute Gasteiger partial charge is 0.236 e. The highest BCUT2D eigenvalue weighted by Gasteiger charge is 2.24. The van der Waals surface area contributed by atoms with Gasteiger partial charge in [-0.2, -0.15) is 0 Å². The first-order valence-electron chi connectivity index (χ1n) is 11.9. The van der Waals surface area contributed by atoms with E-state index in [1.165, 1.54) is 16.3 Å². The van der Waals surface area contributed by atoms with Crippen molar-refractivity contribution in [2.45, 2.75) is 26.2 Å². The van der Waals surface area contributed by atoms with E-state index in [1.807, 2.05) is 30.3 Å². The number of nitrogens with one attached hydrogen (secondary N) is 2. The third-order valence-electron chi connectivity index (χ3n) is 5.91. The van der Waals surface area contributed by atoms with Gasteiger partial charge in [0.2, 0.25) is 11.8 Å². The Bertz CT molecular complexity index is 1320. The summed E-state index contributed by atoms with van der Waals surface area (Å²) in [6, 6.07) is 31.2. The predicted octanol–water partition coefficient (Wildman–Crippen LogP) is 5.05. The number of rotatable bonds is 8. The molecule has 6 heteroatoms. The molecular weight excluding hydrogens is 448 g/mol. The van der Waals surface area contributed by atoms with Crippen molar-refractivity contribution in [2.75, 3.05) is 5.32 Å². The van der Waals surface area contributed by atoms with Crippen LogP contribution in [0, 0.1) is 11.3 Å². The molecular formula is C30H32N4O2. The topological polar surface area (TPSA) is 122 Å². The first-order chi connectivity index (χ1) is 17.4. The summed E-state index contributed by atoms with van der Waals surface area (Å²) in [4.78, 5) is 23.9. The lowest BCUT2D eigenvalue weighted by atomic mass is 9.98. The lowest BCUT2D eigenvalue weighted by Gasteiger charge is -2.14. The molecule has 1 atom stereocenters. The average molecular weight is 481 g/mol. The predicted molar refractivity (Wildman–Crippen MR) is 147 cm³/mol. The van der Waals surface area contributed by atoms with Crippen LogP contribution in [0.2, 0.25) is 0 Å². The number of nitrogen functional groups attached to an aromatic ring is 1. The van der Waals surface area contributed by atoms with Gasteiger partial charge in [-0.25, -0.2) is 0 Å². The number of nitrogens with two attached hydrogens (primary N) is 2. The van der Waals surface area contributed by atoms with Crippen LogP contribution in [-0.2, 0) is 22.4 Å². The second-order valence-corrected chi connectivity index (χ2v) is 8.49. The van der Waals surface area contributed by atoms with Gasteiger partial charge in [-0.05, 0) is 65.4 Å². The summed E-state index contributed by atoms with van der Waals surface area (Å²) in [6.45, 7) is 2.18. The van der Waals surface area contributed by atoms with Crippen molar-refractivity contribution < 1.29 is 9.59 Å². The number of carbonyl (C=O) groups is 2. The minimum absolute atomic E-state index is 0.0502. The minimum atomic E-state index is -0.905. The molecule has 0 spiro atoms. The number of aryl methyl sites for hydroxylation is 2. The van der Waals surface area contributed by atoms with Gasteiger partial charge in [0.05, 0.1) is 0 Å². The molecule has 184 valence electrons. The number of hydrogen-bond donors (Lipinski definition) is 4. The van der Waals surface area contributed by atoms with Gasteiger partial charge in [0.1, 0.15) is 11.8 Å². The molecule has 4 rings (SSSR count). The number of amides is 2. The summed E-state index contributed by atoms with van der Waals surface area (Å²) < 4.78 is 0. The zero-order valence-electron chi connectivity index (χ0n) is 20.4. The van der Waals surface area contributed by atoms with Gasteiger partial charge in [0.15, 0.2) is 0 Å². The van der Waals surface area contributed by atoms with Crippen molar-refractivity contribution in [3.8, 4) is 0 Å². The molecule has 6 N–H and O–H groups in total. The number of anilines is 1. The van der Waals surface area contributed by atoms with Gasteiger partial charge in [0.25, 0.3) is 0 Å². The van der Waals surface area contributed by atoms with Crippen LogP contribution >= 0.6 is 0 Å². The Morgan fingerprint density at radius 2 is 1.44 bits per heavy atom. The minimum Gasteiger partial charge on any atom is -0.384 e. The van der Waals surface area contributed by atoms with Crippen molar-refractivity contribution in [1.29, 1.82) is 5.41 Å². The molecule has 0 bridgehead atoms. The van der Waals surface area contributed by atoms with Gasteiger partial charge >= 0.3 is 0 Å². The lowest BCUT2D eigenvalue weighted by molar-refractivity contribution is -0.130. The van der Waals surface area contributed by atoms with E-state index in [9.17, 15) is 9.59 Å². The van der Waals surface area contributed by atoms with Crippen molar-refractivity contribution in [2.24, 2.45) is 17.4 Å². The second kappa shape index (κ2) is 12.9. The molecule has 4 aromatic rings. The van der Waals surface area contributed by atoms with E-state index in [4.69, 9.17) is 16.9 Å². The fourth-order valence-electron chi connectivity index (χ4n) is 3.78. The molecule has 36 heavy (non-hydrogen) atoms. The van der Waals surface area contributed by atoms with Gasteiger partial charge in [-0.15, -0.1) is 0 Å². The molecule has 0 aromatic heterocycles. The summed E-state index contributed by atoms with van der Waals surface area (Å²) in [7, 11) is 0. The standard InChI is InChI=1S/C18H20N4O2.C12H12/c19-16(20)13-7-9-14(10-8-13)22-18(24)15(17(21)23)11-6-12-4-2-1-3-5-12;1-2-10-7-8-11-5-3-4-6-12(11)9-10/h1-5,7-10,15H,6,11H2,(H3,19,20)(H2,21,23)(H,22,24);3-9H,2H2,1H3. The van der Waals surface area contributed by atoms with Crippen LogP contribution in [0.3, 0.4) is 0 Å². The quantitative estimate of drug-likeness (QED) is 0.160. The Balaban J connectivity index is 0.000000249. The Hall–Kier alpha value is -4.45. The normalized spacial score (nSPS) is 11.1. The highest BCUT2D eigenvalue weighted by atomic mass is 16.2. The zero-order valence-corrected chi connectivity index (χ0v) is 20.4. The van der Waals surface area contributed by atoms with E-state index in [0.29, 0.717) is 24.1 Å². The molecule has 0 aliphatic rings. The van der Waals surface area contributed by atoms with Crippen LogP contribution in [0.5, 0.6) is 0 Å². The summed E-state index contributed by atoms with van der Waals surface area (Å²) in [5.74, 6) is -2.04. The maximum Gasteiger partial charge on any atom is 0.236 e. The van der Waals surface area contributed by atoms with Gasteiger partial charge in [-0.1, -0.05) is 79.7 Å². The van der Waals surface area contributed by atoms with E-state index < -0.39 is 17.7 Å². The number of benzene rings is 4. The summed E-state index contributed by atoms with van der Waals surface area (Å²) in [6.07, 6.45) is 2.05. The molecule has 0 aliphatic carbocycles. The Morgan fingerprint density at radius 1 is 0.806 bits per heavy atom. The van der Waals surface area contributed by atoms with Crippen LogP contribution in [0.15, 0.2) is 97.1 Å². The molecule has 0 aliphatic heterocycles. The first-order valence-corrected chi connectivity index (χ1v) is 11.9. The first kappa shape index (κ1) is 26.2. The number of carbonyl (C=O) groups excluding carboxylic acids is 2. The average Bonchev–Trinajstić information content (AvgIpc) is 2.89. The van der Waals surface area contributed by atoms with Gasteiger partial charge < -0.3 is 16.8 Å². The number of amidine groups is 1. The van der Waals surface area contributed by atoms with Gasteiger partial charge in [-0.3, -0.25) is 15.0 Å². The van der Waals surface area contributed by atoms with Gasteiger partial charge in [0, 0.05) is 11.3 Å². The van der Waals surface area contributed by atoms with Crippen molar-refractivity contribution in [3.05, 3.63) is 114 Å². The fourth-order valence-corrected chi connectivity index (χ4v) is 3.78. The van der Waals surface area contributed by atoms with E-state index in [-0.39, 0.29) is 5.84 Å². The van der Waals surface area contributed by atoms with E-state index >= 15 is 0 Å². The molecule has 2 amide bonds. The molecule has 0 saturated carbocycles. The SMILES string of the molecule is CCc1ccc2ccccc2c1.N=C(N)c1ccc(NC(=O)C(CCc2ccccc2)C(N)=O)cc1. The van der Waals surface area contributed by atoms with Crippen LogP contribution in [0.1, 0.15) is 30.0 Å². The third kappa shape index (κ3) is 7.53. The number of primary amides is 1. The molecule has 0 fully saturated rings. The Morgan fingerprint density at radius 3 is 2.06 bits per heavy atom. The number of fused-ring (bicyclic) bond motifs is 1. The highest BCUT2D eigenvalue weighted by Crippen LogP contribution is 2.16. The van der Waals surface area contributed by atoms with Crippen molar-refractivity contribution in [1.82, 2.24) is 0 Å². The van der Waals surface area contributed by atoms with Crippen molar-refractivity contribution >= 4 is 34.1 Å². The highest BCUT2D eigenvalue weighted by molar-refractivity contribution is 6.06. The molecule has 6 nitrogen and oxygen atoms in total. The van der Waals surface area contributed by atoms with Crippen LogP contribution in [0.25, 0.3) is 10.8 Å². The van der Waals surface area contributed by atoms with E-state index in [1.54, 1.807) is 24.3 Å². The fraction of sp³-hybridized carbons (Fsp3) is 0.167. The molecule has 0 saturated heterocycles. The molecule has 0 radical (unpaired) electrons. The summed E-state index contributed by atoms with van der Waals surface area (Å²) in [5.41, 5.74) is 14.3. The zero-order chi connectivity index (χ0) is 25.9. The largest absolute Gasteiger partial charge is 0.384 e.